The van der Waals surface area contributed by atoms with Gasteiger partial charge in [-0.3, -0.25) is 4.79 Å². The molecule has 2 rings (SSSR count). The van der Waals surface area contributed by atoms with Crippen molar-refractivity contribution in [1.29, 1.82) is 0 Å². The zero-order valence-corrected chi connectivity index (χ0v) is 12.6. The van der Waals surface area contributed by atoms with Crippen LogP contribution in [0.4, 0.5) is 0 Å². The molecule has 1 fully saturated rings. The van der Waals surface area contributed by atoms with Crippen molar-refractivity contribution < 1.29 is 9.90 Å². The number of aliphatic carboxylic acids is 1. The van der Waals surface area contributed by atoms with Gasteiger partial charge in [0, 0.05) is 0 Å². The summed E-state index contributed by atoms with van der Waals surface area (Å²) in [6.45, 7) is 4.38. The van der Waals surface area contributed by atoms with E-state index < -0.39 is 5.97 Å². The van der Waals surface area contributed by atoms with Gasteiger partial charge in [-0.15, -0.1) is 0 Å². The number of carbonyl (C=O) groups is 1. The average Bonchev–Trinajstić information content (AvgIpc) is 2.47. The summed E-state index contributed by atoms with van der Waals surface area (Å²) in [6.07, 6.45) is 6.15. The fourth-order valence-electron chi connectivity index (χ4n) is 3.50. The Morgan fingerprint density at radius 2 is 1.80 bits per heavy atom. The van der Waals surface area contributed by atoms with Crippen molar-refractivity contribution in [1.82, 2.24) is 0 Å². The molecule has 110 valence electrons. The van der Waals surface area contributed by atoms with Crippen molar-refractivity contribution in [2.24, 2.45) is 17.8 Å². The second-order valence-electron chi connectivity index (χ2n) is 6.17. The predicted octanol–water partition coefficient (Wildman–Crippen LogP) is 4.32. The molecule has 20 heavy (non-hydrogen) atoms. The molecule has 3 unspecified atom stereocenters. The fourth-order valence-corrected chi connectivity index (χ4v) is 3.50. The van der Waals surface area contributed by atoms with E-state index in [0.717, 1.165) is 32.1 Å². The minimum Gasteiger partial charge on any atom is -0.481 e. The van der Waals surface area contributed by atoms with Gasteiger partial charge < -0.3 is 5.11 Å². The summed E-state index contributed by atoms with van der Waals surface area (Å²) in [5.74, 6) is 0.266. The monoisotopic (exact) mass is 274 g/mol. The zero-order chi connectivity index (χ0) is 14.5. The minimum atomic E-state index is -0.602. The highest BCUT2D eigenvalue weighted by molar-refractivity contribution is 5.70. The predicted molar refractivity (Wildman–Crippen MR) is 81.8 cm³/mol. The van der Waals surface area contributed by atoms with Crippen LogP contribution in [0.5, 0.6) is 0 Å². The lowest BCUT2D eigenvalue weighted by atomic mass is 9.71. The van der Waals surface area contributed by atoms with E-state index >= 15 is 0 Å². The number of carboxylic acid groups (broad SMARTS) is 1. The third-order valence-corrected chi connectivity index (χ3v) is 4.91. The number of aryl methyl sites for hydroxylation is 1. The zero-order valence-electron chi connectivity index (χ0n) is 12.6. The van der Waals surface area contributed by atoms with Crippen LogP contribution in [0.2, 0.25) is 0 Å². The standard InChI is InChI=1S/C18H26O2/c1-3-13-5-7-15(8-6-13)12-16-11-14(4-2)9-10-17(16)18(19)20/h5-8,14,16-17H,3-4,9-12H2,1-2H3,(H,19,20). The Hall–Kier alpha value is -1.31. The highest BCUT2D eigenvalue weighted by Gasteiger charge is 2.34. The van der Waals surface area contributed by atoms with E-state index in [0.29, 0.717) is 11.8 Å². The summed E-state index contributed by atoms with van der Waals surface area (Å²) in [5.41, 5.74) is 2.63. The van der Waals surface area contributed by atoms with Crippen LogP contribution in [-0.2, 0) is 17.6 Å². The molecule has 0 bridgehead atoms. The number of hydrogen-bond donors (Lipinski definition) is 1. The maximum atomic E-state index is 11.5. The van der Waals surface area contributed by atoms with Crippen LogP contribution in [0.15, 0.2) is 24.3 Å². The normalized spacial score (nSPS) is 26.4. The Labute approximate surface area is 122 Å². The first-order valence-corrected chi connectivity index (χ1v) is 7.94. The number of rotatable bonds is 5. The van der Waals surface area contributed by atoms with Crippen molar-refractivity contribution in [2.45, 2.75) is 52.4 Å². The molecule has 0 saturated heterocycles. The molecule has 0 aromatic heterocycles. The Kier molecular flexibility index (Phi) is 5.22. The fraction of sp³-hybridized carbons (Fsp3) is 0.611. The SMILES string of the molecule is CCc1ccc(CC2CC(CC)CCC2C(=O)O)cc1. The lowest BCUT2D eigenvalue weighted by Gasteiger charge is -2.33. The lowest BCUT2D eigenvalue weighted by Crippen LogP contribution is -2.31. The minimum absolute atomic E-state index is 0.149. The Morgan fingerprint density at radius 3 is 2.35 bits per heavy atom. The highest BCUT2D eigenvalue weighted by Crippen LogP contribution is 2.37. The molecule has 1 saturated carbocycles. The molecule has 3 atom stereocenters. The van der Waals surface area contributed by atoms with Crippen LogP contribution >= 0.6 is 0 Å². The Balaban J connectivity index is 2.07. The summed E-state index contributed by atoms with van der Waals surface area (Å²) >= 11 is 0. The molecule has 0 amide bonds. The molecule has 1 aromatic carbocycles. The van der Waals surface area contributed by atoms with Gasteiger partial charge in [-0.05, 0) is 55.1 Å². The van der Waals surface area contributed by atoms with Gasteiger partial charge in [0.15, 0.2) is 0 Å². The molecule has 0 aliphatic heterocycles. The highest BCUT2D eigenvalue weighted by atomic mass is 16.4. The number of hydrogen-bond acceptors (Lipinski definition) is 1. The van der Waals surface area contributed by atoms with Gasteiger partial charge in [-0.1, -0.05) is 44.5 Å². The number of benzene rings is 1. The van der Waals surface area contributed by atoms with Gasteiger partial charge in [0.2, 0.25) is 0 Å². The van der Waals surface area contributed by atoms with Gasteiger partial charge in [0.1, 0.15) is 0 Å². The molecular formula is C18H26O2. The van der Waals surface area contributed by atoms with Gasteiger partial charge in [-0.25, -0.2) is 0 Å². The molecule has 0 radical (unpaired) electrons. The molecule has 0 heterocycles. The van der Waals surface area contributed by atoms with Gasteiger partial charge in [-0.2, -0.15) is 0 Å². The third kappa shape index (κ3) is 3.62. The van der Waals surface area contributed by atoms with E-state index in [1.54, 1.807) is 0 Å². The maximum absolute atomic E-state index is 11.5. The summed E-state index contributed by atoms with van der Waals surface area (Å²) in [4.78, 5) is 11.5. The van der Waals surface area contributed by atoms with Crippen LogP contribution in [0, 0.1) is 17.8 Å². The van der Waals surface area contributed by atoms with Crippen molar-refractivity contribution in [3.8, 4) is 0 Å². The molecule has 2 heteroatoms. The van der Waals surface area contributed by atoms with Gasteiger partial charge in [0.05, 0.1) is 5.92 Å². The lowest BCUT2D eigenvalue weighted by molar-refractivity contribution is -0.145. The summed E-state index contributed by atoms with van der Waals surface area (Å²) in [5, 5.41) is 9.43. The summed E-state index contributed by atoms with van der Waals surface area (Å²) in [7, 11) is 0. The maximum Gasteiger partial charge on any atom is 0.306 e. The van der Waals surface area contributed by atoms with Crippen LogP contribution in [0.1, 0.15) is 50.7 Å². The largest absolute Gasteiger partial charge is 0.481 e. The van der Waals surface area contributed by atoms with E-state index in [-0.39, 0.29) is 5.92 Å². The van der Waals surface area contributed by atoms with E-state index in [9.17, 15) is 9.90 Å². The third-order valence-electron chi connectivity index (χ3n) is 4.91. The quantitative estimate of drug-likeness (QED) is 0.868. The van der Waals surface area contributed by atoms with Gasteiger partial charge in [0.25, 0.3) is 0 Å². The first-order chi connectivity index (χ1) is 9.63. The smallest absolute Gasteiger partial charge is 0.306 e. The first-order valence-electron chi connectivity index (χ1n) is 7.94. The molecule has 1 aromatic rings. The molecular weight excluding hydrogens is 248 g/mol. The first kappa shape index (κ1) is 15.1. The van der Waals surface area contributed by atoms with Crippen molar-refractivity contribution in [3.05, 3.63) is 35.4 Å². The molecule has 0 spiro atoms. The molecule has 2 nitrogen and oxygen atoms in total. The Morgan fingerprint density at radius 1 is 1.15 bits per heavy atom. The van der Waals surface area contributed by atoms with Crippen LogP contribution in [0.25, 0.3) is 0 Å². The average molecular weight is 274 g/mol. The molecule has 1 aliphatic carbocycles. The number of carboxylic acids is 1. The van der Waals surface area contributed by atoms with E-state index in [1.165, 1.54) is 17.5 Å². The van der Waals surface area contributed by atoms with E-state index in [4.69, 9.17) is 0 Å². The van der Waals surface area contributed by atoms with E-state index in [1.807, 2.05) is 0 Å². The van der Waals surface area contributed by atoms with Crippen molar-refractivity contribution in [3.63, 3.8) is 0 Å². The summed E-state index contributed by atoms with van der Waals surface area (Å²) in [6, 6.07) is 8.69. The topological polar surface area (TPSA) is 37.3 Å². The van der Waals surface area contributed by atoms with E-state index in [2.05, 4.69) is 38.1 Å². The second-order valence-corrected chi connectivity index (χ2v) is 6.17. The van der Waals surface area contributed by atoms with Crippen LogP contribution < -0.4 is 0 Å². The summed E-state index contributed by atoms with van der Waals surface area (Å²) < 4.78 is 0. The molecule has 1 N–H and O–H groups in total. The second kappa shape index (κ2) is 6.92. The van der Waals surface area contributed by atoms with Crippen molar-refractivity contribution >= 4 is 5.97 Å². The molecule has 1 aliphatic rings. The Bertz CT molecular complexity index is 435. The van der Waals surface area contributed by atoms with Crippen LogP contribution in [-0.4, -0.2) is 11.1 Å². The van der Waals surface area contributed by atoms with Crippen molar-refractivity contribution in [2.75, 3.05) is 0 Å². The van der Waals surface area contributed by atoms with Crippen LogP contribution in [0.3, 0.4) is 0 Å². The van der Waals surface area contributed by atoms with Gasteiger partial charge >= 0.3 is 5.97 Å².